The number of nitrogen functional groups attached to an aromatic ring is 1. The zero-order valence-corrected chi connectivity index (χ0v) is 11.9. The van der Waals surface area contributed by atoms with Crippen LogP contribution in [0.4, 0.5) is 5.69 Å². The zero-order valence-electron chi connectivity index (χ0n) is 11.1. The molecule has 0 spiro atoms. The number of nitrogens with zero attached hydrogens (tertiary/aromatic N) is 1. The summed E-state index contributed by atoms with van der Waals surface area (Å²) in [7, 11) is -3.68. The van der Waals surface area contributed by atoms with Crippen LogP contribution in [0.5, 0.6) is 0 Å². The molecule has 3 N–H and O–H groups in total. The van der Waals surface area contributed by atoms with Gasteiger partial charge in [-0.3, -0.25) is 4.79 Å². The molecule has 1 rings (SSSR count). The quantitative estimate of drug-likeness (QED) is 0.741. The lowest BCUT2D eigenvalue weighted by molar-refractivity contribution is -0.129. The molecule has 19 heavy (non-hydrogen) atoms. The lowest BCUT2D eigenvalue weighted by Crippen LogP contribution is -2.39. The zero-order chi connectivity index (χ0) is 14.5. The molecule has 1 amide bonds. The molecule has 1 aromatic carbocycles. The van der Waals surface area contributed by atoms with Crippen molar-refractivity contribution < 1.29 is 13.2 Å². The molecule has 0 heterocycles. The van der Waals surface area contributed by atoms with Crippen LogP contribution in [-0.4, -0.2) is 38.9 Å². The molecule has 106 valence electrons. The maximum atomic E-state index is 11.9. The lowest BCUT2D eigenvalue weighted by Gasteiger charge is -2.18. The van der Waals surface area contributed by atoms with E-state index < -0.39 is 10.0 Å². The molecule has 0 fully saturated rings. The Morgan fingerprint density at radius 2 is 1.74 bits per heavy atom. The van der Waals surface area contributed by atoms with Crippen molar-refractivity contribution >= 4 is 21.6 Å². The molecule has 0 saturated carbocycles. The van der Waals surface area contributed by atoms with Crippen molar-refractivity contribution in [3.05, 3.63) is 24.3 Å². The summed E-state index contributed by atoms with van der Waals surface area (Å²) in [6, 6.07) is 5.81. The number of rotatable bonds is 6. The van der Waals surface area contributed by atoms with Crippen LogP contribution in [-0.2, 0) is 14.8 Å². The number of carbonyl (C=O) groups is 1. The second kappa shape index (κ2) is 6.53. The van der Waals surface area contributed by atoms with Gasteiger partial charge in [-0.25, -0.2) is 13.1 Å². The van der Waals surface area contributed by atoms with E-state index in [4.69, 9.17) is 5.73 Å². The Morgan fingerprint density at radius 1 is 1.21 bits per heavy atom. The summed E-state index contributed by atoms with van der Waals surface area (Å²) >= 11 is 0. The highest BCUT2D eigenvalue weighted by molar-refractivity contribution is 7.89. The number of hydrogen-bond acceptors (Lipinski definition) is 4. The minimum Gasteiger partial charge on any atom is -0.399 e. The van der Waals surface area contributed by atoms with Gasteiger partial charge in [0.25, 0.3) is 0 Å². The van der Waals surface area contributed by atoms with Gasteiger partial charge in [-0.2, -0.15) is 0 Å². The Labute approximate surface area is 113 Å². The summed E-state index contributed by atoms with van der Waals surface area (Å²) in [4.78, 5) is 13.4. The Morgan fingerprint density at radius 3 is 2.21 bits per heavy atom. The summed E-state index contributed by atoms with van der Waals surface area (Å²) in [5.74, 6) is -0.246. The smallest absolute Gasteiger partial charge is 0.241 e. The minimum atomic E-state index is -3.68. The molecule has 0 saturated heterocycles. The molecular formula is C12H19N3O3S. The van der Waals surface area contributed by atoms with Crippen LogP contribution in [0.2, 0.25) is 0 Å². The fourth-order valence-electron chi connectivity index (χ4n) is 1.58. The van der Waals surface area contributed by atoms with Crippen LogP contribution in [0.15, 0.2) is 29.2 Å². The number of benzene rings is 1. The van der Waals surface area contributed by atoms with E-state index in [2.05, 4.69) is 4.72 Å². The van der Waals surface area contributed by atoms with Crippen molar-refractivity contribution in [3.63, 3.8) is 0 Å². The predicted molar refractivity (Wildman–Crippen MR) is 74.0 cm³/mol. The molecule has 6 nitrogen and oxygen atoms in total. The van der Waals surface area contributed by atoms with Crippen LogP contribution in [0.3, 0.4) is 0 Å². The first-order valence-corrected chi connectivity index (χ1v) is 7.52. The van der Waals surface area contributed by atoms with E-state index >= 15 is 0 Å². The Hall–Kier alpha value is -1.60. The van der Waals surface area contributed by atoms with Gasteiger partial charge < -0.3 is 10.6 Å². The normalized spacial score (nSPS) is 11.3. The lowest BCUT2D eigenvalue weighted by atomic mass is 10.3. The predicted octanol–water partition coefficient (Wildman–Crippen LogP) is 0.416. The Bertz CT molecular complexity index is 522. The highest BCUT2D eigenvalue weighted by Crippen LogP contribution is 2.11. The van der Waals surface area contributed by atoms with Crippen LogP contribution < -0.4 is 10.5 Å². The van der Waals surface area contributed by atoms with E-state index in [1.165, 1.54) is 24.3 Å². The number of hydrogen-bond donors (Lipinski definition) is 2. The van der Waals surface area contributed by atoms with E-state index in [1.54, 1.807) is 4.90 Å². The molecule has 1 aromatic rings. The monoisotopic (exact) mass is 285 g/mol. The van der Waals surface area contributed by atoms with Crippen molar-refractivity contribution in [1.29, 1.82) is 0 Å². The van der Waals surface area contributed by atoms with Gasteiger partial charge >= 0.3 is 0 Å². The average molecular weight is 285 g/mol. The highest BCUT2D eigenvalue weighted by Gasteiger charge is 2.17. The van der Waals surface area contributed by atoms with Crippen LogP contribution >= 0.6 is 0 Å². The topological polar surface area (TPSA) is 92.5 Å². The van der Waals surface area contributed by atoms with Crippen LogP contribution in [0.1, 0.15) is 13.8 Å². The fourth-order valence-corrected chi connectivity index (χ4v) is 2.55. The van der Waals surface area contributed by atoms with E-state index in [9.17, 15) is 13.2 Å². The van der Waals surface area contributed by atoms with Crippen LogP contribution in [0, 0.1) is 0 Å². The van der Waals surface area contributed by atoms with Crippen LogP contribution in [0.25, 0.3) is 0 Å². The van der Waals surface area contributed by atoms with Gasteiger partial charge in [-0.05, 0) is 38.1 Å². The van der Waals surface area contributed by atoms with Gasteiger partial charge in [0.15, 0.2) is 0 Å². The summed E-state index contributed by atoms with van der Waals surface area (Å²) in [5, 5.41) is 0. The number of nitrogens with two attached hydrogens (primary N) is 1. The minimum absolute atomic E-state index is 0.0917. The second-order valence-corrected chi connectivity index (χ2v) is 5.73. The van der Waals surface area contributed by atoms with Gasteiger partial charge in [0.05, 0.1) is 11.4 Å². The van der Waals surface area contributed by atoms with Crippen molar-refractivity contribution in [2.24, 2.45) is 0 Å². The molecule has 0 aliphatic rings. The van der Waals surface area contributed by atoms with E-state index in [0.717, 1.165) is 0 Å². The second-order valence-electron chi connectivity index (χ2n) is 3.96. The number of likely N-dealkylation sites (N-methyl/N-ethyl adjacent to an activating group) is 1. The number of nitrogens with one attached hydrogen (secondary N) is 1. The standard InChI is InChI=1S/C12H19N3O3S/c1-3-15(4-2)12(16)9-14-19(17,18)11-7-5-10(13)6-8-11/h5-8,14H,3-4,9,13H2,1-2H3. The van der Waals surface area contributed by atoms with E-state index in [1.807, 2.05) is 13.8 Å². The first-order valence-electron chi connectivity index (χ1n) is 6.03. The molecular weight excluding hydrogens is 266 g/mol. The van der Waals surface area contributed by atoms with E-state index in [0.29, 0.717) is 18.8 Å². The van der Waals surface area contributed by atoms with Gasteiger partial charge in [-0.15, -0.1) is 0 Å². The maximum Gasteiger partial charge on any atom is 0.241 e. The molecule has 0 radical (unpaired) electrons. The largest absolute Gasteiger partial charge is 0.399 e. The fraction of sp³-hybridized carbons (Fsp3) is 0.417. The molecule has 0 atom stereocenters. The molecule has 0 aliphatic heterocycles. The molecule has 0 unspecified atom stereocenters. The summed E-state index contributed by atoms with van der Waals surface area (Å²) in [6.45, 7) is 4.55. The van der Waals surface area contributed by atoms with Crippen molar-refractivity contribution in [2.45, 2.75) is 18.7 Å². The third-order valence-corrected chi connectivity index (χ3v) is 4.14. The first kappa shape index (κ1) is 15.5. The summed E-state index contributed by atoms with van der Waals surface area (Å²) < 4.78 is 26.1. The molecule has 7 heteroatoms. The van der Waals surface area contributed by atoms with Gasteiger partial charge in [0, 0.05) is 18.8 Å². The number of anilines is 1. The third-order valence-electron chi connectivity index (χ3n) is 2.72. The number of carbonyl (C=O) groups excluding carboxylic acids is 1. The highest BCUT2D eigenvalue weighted by atomic mass is 32.2. The van der Waals surface area contributed by atoms with Gasteiger partial charge in [-0.1, -0.05) is 0 Å². The summed E-state index contributed by atoms with van der Waals surface area (Å²) in [6.07, 6.45) is 0. The first-order chi connectivity index (χ1) is 8.90. The SMILES string of the molecule is CCN(CC)C(=O)CNS(=O)(=O)c1ccc(N)cc1. The molecule has 0 aliphatic carbocycles. The van der Waals surface area contributed by atoms with Gasteiger partial charge in [0.2, 0.25) is 15.9 Å². The Balaban J connectivity index is 2.71. The third kappa shape index (κ3) is 4.22. The van der Waals surface area contributed by atoms with Crippen molar-refractivity contribution in [3.8, 4) is 0 Å². The van der Waals surface area contributed by atoms with E-state index in [-0.39, 0.29) is 17.3 Å². The maximum absolute atomic E-state index is 11.9. The summed E-state index contributed by atoms with van der Waals surface area (Å²) in [5.41, 5.74) is 5.98. The molecule has 0 bridgehead atoms. The Kier molecular flexibility index (Phi) is 5.31. The molecule has 0 aromatic heterocycles. The average Bonchev–Trinajstić information content (AvgIpc) is 2.38. The van der Waals surface area contributed by atoms with Gasteiger partial charge in [0.1, 0.15) is 0 Å². The number of amides is 1. The number of sulfonamides is 1. The van der Waals surface area contributed by atoms with Crippen molar-refractivity contribution in [2.75, 3.05) is 25.4 Å². The van der Waals surface area contributed by atoms with Crippen molar-refractivity contribution in [1.82, 2.24) is 9.62 Å².